The van der Waals surface area contributed by atoms with E-state index in [-0.39, 0.29) is 12.1 Å². The Balaban J connectivity index is 1.97. The average molecular weight is 315 g/mol. The van der Waals surface area contributed by atoms with Crippen molar-refractivity contribution in [3.63, 3.8) is 0 Å². The summed E-state index contributed by atoms with van der Waals surface area (Å²) in [6, 6.07) is 16.4. The number of carbonyl (C=O) groups is 1. The van der Waals surface area contributed by atoms with Gasteiger partial charge in [-0.25, -0.2) is 4.79 Å². The quantitative estimate of drug-likeness (QED) is 0.838. The Morgan fingerprint density at radius 1 is 1.00 bits per heavy atom. The van der Waals surface area contributed by atoms with Crippen LogP contribution in [0.25, 0.3) is 0 Å². The van der Waals surface area contributed by atoms with Crippen molar-refractivity contribution in [3.05, 3.63) is 70.8 Å². The second-order valence-electron chi connectivity index (χ2n) is 5.42. The first-order valence-corrected chi connectivity index (χ1v) is 8.09. The maximum atomic E-state index is 12.1. The lowest BCUT2D eigenvalue weighted by atomic mass is 9.95. The molecule has 0 fully saturated rings. The number of alkyl halides is 1. The molecular formula is C18H19ClN2O. The molecule has 3 nitrogen and oxygen atoms in total. The molecule has 0 spiro atoms. The number of rotatable bonds is 3. The number of hydrogen-bond acceptors (Lipinski definition) is 1. The van der Waals surface area contributed by atoms with Gasteiger partial charge in [-0.2, -0.15) is 0 Å². The van der Waals surface area contributed by atoms with E-state index in [0.29, 0.717) is 12.4 Å². The van der Waals surface area contributed by atoms with Gasteiger partial charge in [0.25, 0.3) is 0 Å². The SMILES string of the molecule is O=C(NCCCl)NC1c2ccccc2CCc2ccccc21. The van der Waals surface area contributed by atoms with Crippen LogP contribution in [0.1, 0.15) is 28.3 Å². The van der Waals surface area contributed by atoms with Gasteiger partial charge in [0.2, 0.25) is 0 Å². The number of carbonyl (C=O) groups excluding carboxylic acids is 1. The maximum absolute atomic E-state index is 12.1. The van der Waals surface area contributed by atoms with E-state index in [1.807, 2.05) is 12.1 Å². The van der Waals surface area contributed by atoms with Crippen LogP contribution < -0.4 is 10.6 Å². The number of halogens is 1. The van der Waals surface area contributed by atoms with Crippen LogP contribution in [-0.4, -0.2) is 18.5 Å². The molecular weight excluding hydrogens is 296 g/mol. The molecule has 0 atom stereocenters. The van der Waals surface area contributed by atoms with Crippen LogP contribution in [0.5, 0.6) is 0 Å². The molecule has 0 saturated heterocycles. The Morgan fingerprint density at radius 3 is 2.09 bits per heavy atom. The molecule has 0 radical (unpaired) electrons. The largest absolute Gasteiger partial charge is 0.337 e. The first-order chi connectivity index (χ1) is 10.8. The standard InChI is InChI=1S/C18H19ClN2O/c19-11-12-20-18(22)21-17-15-7-3-1-5-13(15)9-10-14-6-2-4-8-16(14)17/h1-8,17H,9-12H2,(H2,20,21,22). The first kappa shape index (κ1) is 14.9. The van der Waals surface area contributed by atoms with E-state index in [1.165, 1.54) is 22.3 Å². The van der Waals surface area contributed by atoms with Crippen molar-refractivity contribution >= 4 is 17.6 Å². The smallest absolute Gasteiger partial charge is 0.315 e. The fraction of sp³-hybridized carbons (Fsp3) is 0.278. The topological polar surface area (TPSA) is 41.1 Å². The zero-order valence-corrected chi connectivity index (χ0v) is 13.1. The number of amides is 2. The van der Waals surface area contributed by atoms with Crippen LogP contribution in [0.2, 0.25) is 0 Å². The van der Waals surface area contributed by atoms with E-state index in [1.54, 1.807) is 0 Å². The van der Waals surface area contributed by atoms with Gasteiger partial charge in [-0.15, -0.1) is 11.6 Å². The van der Waals surface area contributed by atoms with E-state index >= 15 is 0 Å². The van der Waals surface area contributed by atoms with Crippen molar-refractivity contribution in [2.45, 2.75) is 18.9 Å². The van der Waals surface area contributed by atoms with Crippen LogP contribution in [0.3, 0.4) is 0 Å². The Labute approximate surface area is 135 Å². The van der Waals surface area contributed by atoms with E-state index in [9.17, 15) is 4.79 Å². The van der Waals surface area contributed by atoms with E-state index < -0.39 is 0 Å². The van der Waals surface area contributed by atoms with Crippen molar-refractivity contribution in [2.24, 2.45) is 0 Å². The highest BCUT2D eigenvalue weighted by Gasteiger charge is 2.24. The number of urea groups is 1. The normalized spacial score (nSPS) is 13.7. The van der Waals surface area contributed by atoms with E-state index in [2.05, 4.69) is 47.0 Å². The molecule has 114 valence electrons. The second kappa shape index (κ2) is 6.84. The van der Waals surface area contributed by atoms with Crippen molar-refractivity contribution in [3.8, 4) is 0 Å². The molecule has 0 aliphatic heterocycles. The third-order valence-corrected chi connectivity index (χ3v) is 4.24. The van der Waals surface area contributed by atoms with Crippen molar-refractivity contribution in [1.29, 1.82) is 0 Å². The number of nitrogens with one attached hydrogen (secondary N) is 2. The van der Waals surface area contributed by atoms with Crippen molar-refractivity contribution < 1.29 is 4.79 Å². The minimum absolute atomic E-state index is 0.120. The van der Waals surface area contributed by atoms with Crippen LogP contribution >= 0.6 is 11.6 Å². The Kier molecular flexibility index (Phi) is 4.64. The molecule has 4 heteroatoms. The van der Waals surface area contributed by atoms with Gasteiger partial charge >= 0.3 is 6.03 Å². The molecule has 0 bridgehead atoms. The molecule has 0 heterocycles. The second-order valence-corrected chi connectivity index (χ2v) is 5.80. The van der Waals surface area contributed by atoms with Crippen LogP contribution in [0, 0.1) is 0 Å². The zero-order chi connectivity index (χ0) is 15.4. The van der Waals surface area contributed by atoms with Gasteiger partial charge in [0, 0.05) is 12.4 Å². The molecule has 1 aliphatic carbocycles. The molecule has 0 aromatic heterocycles. The summed E-state index contributed by atoms with van der Waals surface area (Å²) in [6.07, 6.45) is 1.99. The molecule has 2 N–H and O–H groups in total. The number of aryl methyl sites for hydroxylation is 2. The van der Waals surface area contributed by atoms with Gasteiger partial charge in [-0.3, -0.25) is 0 Å². The highest BCUT2D eigenvalue weighted by atomic mass is 35.5. The van der Waals surface area contributed by atoms with Crippen LogP contribution in [-0.2, 0) is 12.8 Å². The lowest BCUT2D eigenvalue weighted by Gasteiger charge is -2.22. The van der Waals surface area contributed by atoms with Crippen LogP contribution in [0.4, 0.5) is 4.79 Å². The summed E-state index contributed by atoms with van der Waals surface area (Å²) in [6.45, 7) is 0.462. The fourth-order valence-corrected chi connectivity index (χ4v) is 3.12. The number of hydrogen-bond donors (Lipinski definition) is 2. The van der Waals surface area contributed by atoms with E-state index in [0.717, 1.165) is 12.8 Å². The Bertz CT molecular complexity index is 624. The van der Waals surface area contributed by atoms with Crippen molar-refractivity contribution in [2.75, 3.05) is 12.4 Å². The summed E-state index contributed by atoms with van der Waals surface area (Å²) in [7, 11) is 0. The monoisotopic (exact) mass is 314 g/mol. The van der Waals surface area contributed by atoms with Gasteiger partial charge in [-0.05, 0) is 35.1 Å². The third-order valence-electron chi connectivity index (χ3n) is 4.05. The third kappa shape index (κ3) is 3.09. The zero-order valence-electron chi connectivity index (χ0n) is 12.3. The molecule has 3 rings (SSSR count). The minimum atomic E-state index is -0.183. The first-order valence-electron chi connectivity index (χ1n) is 7.55. The predicted octanol–water partition coefficient (Wildman–Crippen LogP) is 3.41. The Morgan fingerprint density at radius 2 is 1.55 bits per heavy atom. The van der Waals surface area contributed by atoms with Gasteiger partial charge < -0.3 is 10.6 Å². The molecule has 1 aliphatic rings. The molecule has 0 saturated carbocycles. The lowest BCUT2D eigenvalue weighted by Crippen LogP contribution is -2.39. The van der Waals surface area contributed by atoms with E-state index in [4.69, 9.17) is 11.6 Å². The highest BCUT2D eigenvalue weighted by Crippen LogP contribution is 2.32. The molecule has 2 amide bonds. The molecule has 2 aromatic carbocycles. The highest BCUT2D eigenvalue weighted by molar-refractivity contribution is 6.18. The van der Waals surface area contributed by atoms with Gasteiger partial charge in [0.1, 0.15) is 0 Å². The molecule has 2 aromatic rings. The fourth-order valence-electron chi connectivity index (χ4n) is 3.02. The summed E-state index contributed by atoms with van der Waals surface area (Å²) in [5.41, 5.74) is 4.93. The predicted molar refractivity (Wildman–Crippen MR) is 89.4 cm³/mol. The summed E-state index contributed by atoms with van der Waals surface area (Å²) >= 11 is 5.63. The summed E-state index contributed by atoms with van der Waals surface area (Å²) in [5.74, 6) is 0.408. The van der Waals surface area contributed by atoms with Crippen LogP contribution in [0.15, 0.2) is 48.5 Å². The number of fused-ring (bicyclic) bond motifs is 2. The maximum Gasteiger partial charge on any atom is 0.315 e. The molecule has 22 heavy (non-hydrogen) atoms. The molecule has 0 unspecified atom stereocenters. The lowest BCUT2D eigenvalue weighted by molar-refractivity contribution is 0.239. The Hall–Kier alpha value is -2.00. The summed E-state index contributed by atoms with van der Waals surface area (Å²) in [4.78, 5) is 12.1. The number of benzene rings is 2. The van der Waals surface area contributed by atoms with Crippen molar-refractivity contribution in [1.82, 2.24) is 10.6 Å². The average Bonchev–Trinajstić information content (AvgIpc) is 2.71. The van der Waals surface area contributed by atoms with Gasteiger partial charge in [0.05, 0.1) is 6.04 Å². The van der Waals surface area contributed by atoms with Gasteiger partial charge in [0.15, 0.2) is 0 Å². The minimum Gasteiger partial charge on any atom is -0.337 e. The summed E-state index contributed by atoms with van der Waals surface area (Å²) in [5, 5.41) is 5.88. The summed E-state index contributed by atoms with van der Waals surface area (Å²) < 4.78 is 0. The van der Waals surface area contributed by atoms with Gasteiger partial charge in [-0.1, -0.05) is 48.5 Å².